The average molecular weight is 327 g/mol. The maximum atomic E-state index is 11.9. The lowest BCUT2D eigenvalue weighted by Gasteiger charge is -2.08. The molecule has 1 N–H and O–H groups in total. The van der Waals surface area contributed by atoms with Gasteiger partial charge >= 0.3 is 5.97 Å². The lowest BCUT2D eigenvalue weighted by Crippen LogP contribution is -2.17. The molecule has 7 heteroatoms. The van der Waals surface area contributed by atoms with Crippen LogP contribution in [0.25, 0.3) is 0 Å². The van der Waals surface area contributed by atoms with Crippen molar-refractivity contribution in [3.05, 3.63) is 53.3 Å². The predicted octanol–water partition coefficient (Wildman–Crippen LogP) is 2.09. The lowest BCUT2D eigenvalue weighted by molar-refractivity contribution is -0.132. The molecule has 124 valence electrons. The minimum atomic E-state index is -0.436. The van der Waals surface area contributed by atoms with Crippen molar-refractivity contribution in [1.29, 1.82) is 0 Å². The van der Waals surface area contributed by atoms with Crippen LogP contribution in [0.1, 0.15) is 28.5 Å². The van der Waals surface area contributed by atoms with Crippen molar-refractivity contribution in [3.63, 3.8) is 0 Å². The molecule has 1 heterocycles. The Bertz CT molecular complexity index is 770. The summed E-state index contributed by atoms with van der Waals surface area (Å²) in [6.45, 7) is 3.15. The van der Waals surface area contributed by atoms with E-state index in [2.05, 4.69) is 15.5 Å². The highest BCUT2D eigenvalue weighted by Gasteiger charge is 2.07. The number of hydrazone groups is 1. The number of pyridine rings is 1. The maximum absolute atomic E-state index is 11.9. The number of benzene rings is 1. The van der Waals surface area contributed by atoms with Crippen molar-refractivity contribution in [2.75, 3.05) is 7.11 Å². The highest BCUT2D eigenvalue weighted by Crippen LogP contribution is 2.27. The fourth-order valence-electron chi connectivity index (χ4n) is 1.84. The molecular formula is C17H17N3O4. The summed E-state index contributed by atoms with van der Waals surface area (Å²) >= 11 is 0. The van der Waals surface area contributed by atoms with E-state index in [-0.39, 0.29) is 5.91 Å². The quantitative estimate of drug-likeness (QED) is 0.393. The van der Waals surface area contributed by atoms with Crippen LogP contribution < -0.4 is 14.9 Å². The fraction of sp³-hybridized carbons (Fsp3) is 0.176. The molecular weight excluding hydrogens is 310 g/mol. The second-order valence-electron chi connectivity index (χ2n) is 4.89. The second kappa shape index (κ2) is 7.87. The third-order valence-electron chi connectivity index (χ3n) is 2.99. The number of methoxy groups -OCH3 is 1. The number of hydrogen-bond donors (Lipinski definition) is 1. The molecule has 0 saturated heterocycles. The summed E-state index contributed by atoms with van der Waals surface area (Å²) in [6, 6.07) is 8.33. The molecule has 1 amide bonds. The second-order valence-corrected chi connectivity index (χ2v) is 4.89. The largest absolute Gasteiger partial charge is 0.493 e. The minimum Gasteiger partial charge on any atom is -0.493 e. The molecule has 1 aromatic heterocycles. The van der Waals surface area contributed by atoms with E-state index in [0.29, 0.717) is 22.6 Å². The number of carbonyl (C=O) groups is 2. The maximum Gasteiger partial charge on any atom is 0.308 e. The molecule has 0 aliphatic rings. The number of ether oxygens (including phenoxy) is 2. The van der Waals surface area contributed by atoms with Gasteiger partial charge in [0.2, 0.25) is 0 Å². The number of nitrogens with zero attached hydrogens (tertiary/aromatic N) is 2. The summed E-state index contributed by atoms with van der Waals surface area (Å²) in [5.74, 6) is -0.0870. The van der Waals surface area contributed by atoms with Crippen LogP contribution in [0.4, 0.5) is 0 Å². The van der Waals surface area contributed by atoms with Gasteiger partial charge in [-0.1, -0.05) is 0 Å². The van der Waals surface area contributed by atoms with E-state index in [4.69, 9.17) is 9.47 Å². The van der Waals surface area contributed by atoms with Crippen LogP contribution in [0.3, 0.4) is 0 Å². The SMILES string of the molecule is COc1cc(/C=N/NC(=O)c2ccc(C)nc2)ccc1OC(C)=O. The van der Waals surface area contributed by atoms with Gasteiger partial charge < -0.3 is 9.47 Å². The average Bonchev–Trinajstić information content (AvgIpc) is 2.56. The van der Waals surface area contributed by atoms with Gasteiger partial charge in [-0.15, -0.1) is 0 Å². The third-order valence-corrected chi connectivity index (χ3v) is 2.99. The Morgan fingerprint density at radius 3 is 2.62 bits per heavy atom. The van der Waals surface area contributed by atoms with Gasteiger partial charge in [-0.05, 0) is 42.8 Å². The van der Waals surface area contributed by atoms with Gasteiger partial charge in [0, 0.05) is 18.8 Å². The van der Waals surface area contributed by atoms with Crippen LogP contribution in [-0.2, 0) is 4.79 Å². The molecule has 0 fully saturated rings. The molecule has 0 aliphatic heterocycles. The molecule has 0 aliphatic carbocycles. The van der Waals surface area contributed by atoms with Crippen molar-refractivity contribution >= 4 is 18.1 Å². The monoisotopic (exact) mass is 327 g/mol. The number of carbonyl (C=O) groups excluding carboxylic acids is 2. The first-order valence-corrected chi connectivity index (χ1v) is 7.12. The number of aryl methyl sites for hydroxylation is 1. The summed E-state index contributed by atoms with van der Waals surface area (Å²) in [6.07, 6.45) is 2.94. The number of esters is 1. The van der Waals surface area contributed by atoms with E-state index in [1.54, 1.807) is 30.3 Å². The summed E-state index contributed by atoms with van der Waals surface area (Å²) < 4.78 is 10.2. The minimum absolute atomic E-state index is 0.317. The number of aromatic nitrogens is 1. The highest BCUT2D eigenvalue weighted by molar-refractivity contribution is 5.94. The lowest BCUT2D eigenvalue weighted by atomic mass is 10.2. The van der Waals surface area contributed by atoms with Crippen molar-refractivity contribution < 1.29 is 19.1 Å². The Hall–Kier alpha value is -3.22. The number of rotatable bonds is 5. The van der Waals surface area contributed by atoms with Crippen LogP contribution >= 0.6 is 0 Å². The van der Waals surface area contributed by atoms with Crippen molar-refractivity contribution in [2.45, 2.75) is 13.8 Å². The zero-order valence-corrected chi connectivity index (χ0v) is 13.6. The molecule has 0 atom stereocenters. The van der Waals surface area contributed by atoms with Gasteiger partial charge in [0.1, 0.15) is 0 Å². The van der Waals surface area contributed by atoms with Gasteiger partial charge in [0.25, 0.3) is 5.91 Å². The third kappa shape index (κ3) is 4.64. The molecule has 0 bridgehead atoms. The van der Waals surface area contributed by atoms with Crippen LogP contribution in [0.5, 0.6) is 11.5 Å². The summed E-state index contributed by atoms with van der Waals surface area (Å²) in [5.41, 5.74) is 4.33. The molecule has 0 spiro atoms. The molecule has 1 aromatic carbocycles. The van der Waals surface area contributed by atoms with Crippen LogP contribution in [0.15, 0.2) is 41.6 Å². The summed E-state index contributed by atoms with van der Waals surface area (Å²) in [4.78, 5) is 27.0. The van der Waals surface area contributed by atoms with Gasteiger partial charge in [0.05, 0.1) is 18.9 Å². The van der Waals surface area contributed by atoms with Crippen LogP contribution in [0.2, 0.25) is 0 Å². The normalized spacial score (nSPS) is 10.5. The van der Waals surface area contributed by atoms with Crippen LogP contribution in [-0.4, -0.2) is 30.2 Å². The first-order valence-electron chi connectivity index (χ1n) is 7.12. The molecule has 2 rings (SSSR count). The smallest absolute Gasteiger partial charge is 0.308 e. The summed E-state index contributed by atoms with van der Waals surface area (Å²) in [7, 11) is 1.47. The number of amides is 1. The van der Waals surface area contributed by atoms with E-state index >= 15 is 0 Å². The zero-order valence-electron chi connectivity index (χ0n) is 13.6. The van der Waals surface area contributed by atoms with E-state index in [1.165, 1.54) is 26.4 Å². The summed E-state index contributed by atoms with van der Waals surface area (Å²) in [5, 5.41) is 3.89. The Balaban J connectivity index is 2.04. The topological polar surface area (TPSA) is 89.9 Å². The molecule has 0 saturated carbocycles. The van der Waals surface area contributed by atoms with Crippen molar-refractivity contribution in [1.82, 2.24) is 10.4 Å². The highest BCUT2D eigenvalue weighted by atomic mass is 16.6. The zero-order chi connectivity index (χ0) is 17.5. The molecule has 24 heavy (non-hydrogen) atoms. The predicted molar refractivity (Wildman–Crippen MR) is 88.3 cm³/mol. The fourth-order valence-corrected chi connectivity index (χ4v) is 1.84. The Morgan fingerprint density at radius 1 is 1.21 bits per heavy atom. The van der Waals surface area contributed by atoms with Crippen molar-refractivity contribution in [3.8, 4) is 11.5 Å². The van der Waals surface area contributed by atoms with E-state index in [9.17, 15) is 9.59 Å². The first kappa shape index (κ1) is 17.1. The van der Waals surface area contributed by atoms with E-state index in [0.717, 1.165) is 5.69 Å². The Kier molecular flexibility index (Phi) is 5.62. The standard InChI is InChI=1S/C17H17N3O4/c1-11-4-6-14(10-18-11)17(22)20-19-9-13-5-7-15(24-12(2)21)16(8-13)23-3/h4-10H,1-3H3,(H,20,22)/b19-9+. The van der Waals surface area contributed by atoms with Crippen molar-refractivity contribution in [2.24, 2.45) is 5.10 Å². The first-order chi connectivity index (χ1) is 11.5. The van der Waals surface area contributed by atoms with Gasteiger partial charge in [-0.3, -0.25) is 14.6 Å². The molecule has 2 aromatic rings. The molecule has 0 unspecified atom stereocenters. The molecule has 0 radical (unpaired) electrons. The number of nitrogens with one attached hydrogen (secondary N) is 1. The molecule has 7 nitrogen and oxygen atoms in total. The van der Waals surface area contributed by atoms with Gasteiger partial charge in [-0.25, -0.2) is 5.43 Å². The van der Waals surface area contributed by atoms with Gasteiger partial charge in [-0.2, -0.15) is 5.10 Å². The Labute approximate surface area is 139 Å². The van der Waals surface area contributed by atoms with E-state index < -0.39 is 5.97 Å². The Morgan fingerprint density at radius 2 is 2.00 bits per heavy atom. The van der Waals surface area contributed by atoms with Gasteiger partial charge in [0.15, 0.2) is 11.5 Å². The van der Waals surface area contributed by atoms with E-state index in [1.807, 2.05) is 6.92 Å². The number of hydrogen-bond acceptors (Lipinski definition) is 6. The van der Waals surface area contributed by atoms with Crippen LogP contribution in [0, 0.1) is 6.92 Å².